The molecule has 3 rings (SSSR count). The first-order chi connectivity index (χ1) is 9.17. The molecule has 1 aliphatic heterocycles. The van der Waals surface area contributed by atoms with Crippen molar-refractivity contribution in [2.45, 2.75) is 32.2 Å². The standard InChI is InChI=1S/C14H16ClFN2O/c1-2-8-3-4-17-12(5-8)14-18-11-6-9(15)10(16)7-13(11)19-14/h6-8,12,17H,2-5H2,1H3. The molecule has 1 N–H and O–H groups in total. The van der Waals surface area contributed by atoms with E-state index in [-0.39, 0.29) is 11.1 Å². The van der Waals surface area contributed by atoms with Crippen molar-refractivity contribution >= 4 is 22.7 Å². The maximum atomic E-state index is 13.4. The van der Waals surface area contributed by atoms with Gasteiger partial charge in [-0.1, -0.05) is 24.9 Å². The third-order valence-corrected chi connectivity index (χ3v) is 4.12. The van der Waals surface area contributed by atoms with Gasteiger partial charge in [0, 0.05) is 6.07 Å². The minimum Gasteiger partial charge on any atom is -0.439 e. The maximum absolute atomic E-state index is 13.4. The number of aromatic nitrogens is 1. The van der Waals surface area contributed by atoms with Crippen molar-refractivity contribution in [2.75, 3.05) is 6.54 Å². The fourth-order valence-corrected chi connectivity index (χ4v) is 2.80. The van der Waals surface area contributed by atoms with Crippen LogP contribution in [0.3, 0.4) is 0 Å². The number of nitrogens with one attached hydrogen (secondary N) is 1. The molecule has 102 valence electrons. The number of oxazole rings is 1. The normalized spacial score (nSPS) is 23.9. The zero-order valence-corrected chi connectivity index (χ0v) is 11.5. The summed E-state index contributed by atoms with van der Waals surface area (Å²) in [4.78, 5) is 4.43. The van der Waals surface area contributed by atoms with Crippen LogP contribution in [0.1, 0.15) is 38.1 Å². The zero-order chi connectivity index (χ0) is 13.4. The summed E-state index contributed by atoms with van der Waals surface area (Å²) < 4.78 is 19.0. The van der Waals surface area contributed by atoms with E-state index in [1.807, 2.05) is 0 Å². The Morgan fingerprint density at radius 3 is 3.16 bits per heavy atom. The van der Waals surface area contributed by atoms with Crippen molar-refractivity contribution < 1.29 is 8.81 Å². The average molecular weight is 283 g/mol. The highest BCUT2D eigenvalue weighted by molar-refractivity contribution is 6.31. The molecular formula is C14H16ClFN2O. The van der Waals surface area contributed by atoms with E-state index in [0.29, 0.717) is 22.9 Å². The second kappa shape index (κ2) is 5.10. The molecule has 0 saturated carbocycles. The van der Waals surface area contributed by atoms with Gasteiger partial charge in [0.25, 0.3) is 0 Å². The second-order valence-electron chi connectivity index (χ2n) is 5.09. The van der Waals surface area contributed by atoms with E-state index < -0.39 is 5.82 Å². The molecule has 1 aromatic carbocycles. The zero-order valence-electron chi connectivity index (χ0n) is 10.7. The number of fused-ring (bicyclic) bond motifs is 1. The predicted molar refractivity (Wildman–Crippen MR) is 72.7 cm³/mol. The molecule has 1 aliphatic rings. The first-order valence-corrected chi connectivity index (χ1v) is 7.04. The van der Waals surface area contributed by atoms with Crippen LogP contribution in [-0.2, 0) is 0 Å². The van der Waals surface area contributed by atoms with E-state index in [1.165, 1.54) is 25.0 Å². The van der Waals surface area contributed by atoms with Crippen molar-refractivity contribution in [3.05, 3.63) is 28.9 Å². The van der Waals surface area contributed by atoms with Gasteiger partial charge in [-0.25, -0.2) is 9.37 Å². The van der Waals surface area contributed by atoms with Crippen molar-refractivity contribution in [1.29, 1.82) is 0 Å². The first-order valence-electron chi connectivity index (χ1n) is 6.66. The third kappa shape index (κ3) is 2.47. The van der Waals surface area contributed by atoms with E-state index in [4.69, 9.17) is 16.0 Å². The molecule has 0 spiro atoms. The van der Waals surface area contributed by atoms with E-state index in [0.717, 1.165) is 13.0 Å². The van der Waals surface area contributed by atoms with Crippen LogP contribution in [0, 0.1) is 11.7 Å². The summed E-state index contributed by atoms with van der Waals surface area (Å²) in [6.07, 6.45) is 3.37. The lowest BCUT2D eigenvalue weighted by Gasteiger charge is -2.27. The Morgan fingerprint density at radius 1 is 1.53 bits per heavy atom. The molecule has 3 nitrogen and oxygen atoms in total. The largest absolute Gasteiger partial charge is 0.439 e. The summed E-state index contributed by atoms with van der Waals surface area (Å²) in [7, 11) is 0. The highest BCUT2D eigenvalue weighted by atomic mass is 35.5. The highest BCUT2D eigenvalue weighted by Crippen LogP contribution is 2.31. The SMILES string of the molecule is CCC1CCNC(c2nc3cc(Cl)c(F)cc3o2)C1. The lowest BCUT2D eigenvalue weighted by molar-refractivity contribution is 0.267. The summed E-state index contributed by atoms with van der Waals surface area (Å²) in [6.45, 7) is 3.17. The molecule has 2 aromatic rings. The fourth-order valence-electron chi connectivity index (χ4n) is 2.65. The topological polar surface area (TPSA) is 38.1 Å². The minimum absolute atomic E-state index is 0.0791. The van der Waals surface area contributed by atoms with Crippen LogP contribution in [0.5, 0.6) is 0 Å². The number of hydrogen-bond acceptors (Lipinski definition) is 3. The number of rotatable bonds is 2. The monoisotopic (exact) mass is 282 g/mol. The Labute approximate surface area is 116 Å². The van der Waals surface area contributed by atoms with Gasteiger partial charge in [0.1, 0.15) is 11.3 Å². The Kier molecular flexibility index (Phi) is 3.46. The predicted octanol–water partition coefficient (Wildman–Crippen LogP) is 4.07. The number of nitrogens with zero attached hydrogens (tertiary/aromatic N) is 1. The number of benzene rings is 1. The molecule has 2 atom stereocenters. The van der Waals surface area contributed by atoms with Gasteiger partial charge < -0.3 is 9.73 Å². The van der Waals surface area contributed by atoms with Crippen LogP contribution in [0.2, 0.25) is 5.02 Å². The van der Waals surface area contributed by atoms with E-state index in [1.54, 1.807) is 0 Å². The molecule has 1 fully saturated rings. The molecule has 2 heterocycles. The lowest BCUT2D eigenvalue weighted by Crippen LogP contribution is -2.31. The number of piperidine rings is 1. The Morgan fingerprint density at radius 2 is 2.37 bits per heavy atom. The van der Waals surface area contributed by atoms with Gasteiger partial charge in [0.05, 0.1) is 11.1 Å². The van der Waals surface area contributed by atoms with Crippen LogP contribution in [0.15, 0.2) is 16.5 Å². The van der Waals surface area contributed by atoms with Gasteiger partial charge >= 0.3 is 0 Å². The number of hydrogen-bond donors (Lipinski definition) is 1. The summed E-state index contributed by atoms with van der Waals surface area (Å²) in [6, 6.07) is 2.93. The molecule has 0 amide bonds. The minimum atomic E-state index is -0.472. The van der Waals surface area contributed by atoms with Crippen molar-refractivity contribution in [1.82, 2.24) is 10.3 Å². The molecule has 1 aromatic heterocycles. The molecule has 0 bridgehead atoms. The Hall–Kier alpha value is -1.13. The highest BCUT2D eigenvalue weighted by Gasteiger charge is 2.25. The lowest BCUT2D eigenvalue weighted by atomic mass is 9.90. The van der Waals surface area contributed by atoms with Gasteiger partial charge in [-0.3, -0.25) is 0 Å². The van der Waals surface area contributed by atoms with Gasteiger partial charge in [-0.05, 0) is 31.4 Å². The third-order valence-electron chi connectivity index (χ3n) is 3.83. The maximum Gasteiger partial charge on any atom is 0.212 e. The average Bonchev–Trinajstić information content (AvgIpc) is 2.82. The molecular weight excluding hydrogens is 267 g/mol. The van der Waals surface area contributed by atoms with E-state index >= 15 is 0 Å². The van der Waals surface area contributed by atoms with Gasteiger partial charge in [-0.2, -0.15) is 0 Å². The first kappa shape index (κ1) is 12.9. The van der Waals surface area contributed by atoms with E-state index in [2.05, 4.69) is 17.2 Å². The molecule has 2 unspecified atom stereocenters. The number of halogens is 2. The van der Waals surface area contributed by atoms with E-state index in [9.17, 15) is 4.39 Å². The molecule has 19 heavy (non-hydrogen) atoms. The van der Waals surface area contributed by atoms with Gasteiger partial charge in [0.15, 0.2) is 5.58 Å². The van der Waals surface area contributed by atoms with Crippen LogP contribution < -0.4 is 5.32 Å². The van der Waals surface area contributed by atoms with Crippen LogP contribution >= 0.6 is 11.6 Å². The molecule has 0 aliphatic carbocycles. The van der Waals surface area contributed by atoms with Crippen LogP contribution in [-0.4, -0.2) is 11.5 Å². The summed E-state index contributed by atoms with van der Waals surface area (Å²) in [5, 5.41) is 3.49. The Balaban J connectivity index is 1.92. The quantitative estimate of drug-likeness (QED) is 0.902. The summed E-state index contributed by atoms with van der Waals surface area (Å²) >= 11 is 5.76. The Bertz CT molecular complexity index is 559. The van der Waals surface area contributed by atoms with Crippen LogP contribution in [0.25, 0.3) is 11.1 Å². The second-order valence-corrected chi connectivity index (χ2v) is 5.50. The van der Waals surface area contributed by atoms with Gasteiger partial charge in [-0.15, -0.1) is 0 Å². The molecule has 5 heteroatoms. The summed E-state index contributed by atoms with van der Waals surface area (Å²) in [5.74, 6) is 0.858. The summed E-state index contributed by atoms with van der Waals surface area (Å²) in [5.41, 5.74) is 1.07. The smallest absolute Gasteiger partial charge is 0.212 e. The van der Waals surface area contributed by atoms with Gasteiger partial charge in [0.2, 0.25) is 5.89 Å². The van der Waals surface area contributed by atoms with Crippen LogP contribution in [0.4, 0.5) is 4.39 Å². The van der Waals surface area contributed by atoms with Crippen molar-refractivity contribution in [3.63, 3.8) is 0 Å². The fraction of sp³-hybridized carbons (Fsp3) is 0.500. The molecule has 1 saturated heterocycles. The van der Waals surface area contributed by atoms with Crippen molar-refractivity contribution in [3.8, 4) is 0 Å². The molecule has 0 radical (unpaired) electrons. The van der Waals surface area contributed by atoms with Crippen molar-refractivity contribution in [2.24, 2.45) is 5.92 Å².